The molecule has 124 valence electrons. The summed E-state index contributed by atoms with van der Waals surface area (Å²) in [5.74, 6) is 0.967. The third kappa shape index (κ3) is 2.98. The van der Waals surface area contributed by atoms with Gasteiger partial charge in [-0.3, -0.25) is 9.59 Å². The summed E-state index contributed by atoms with van der Waals surface area (Å²) in [5.41, 5.74) is 0.654. The molecule has 0 N–H and O–H groups in total. The lowest BCUT2D eigenvalue weighted by atomic mass is 10.1. The predicted octanol–water partition coefficient (Wildman–Crippen LogP) is 1.68. The molecule has 23 heavy (non-hydrogen) atoms. The van der Waals surface area contributed by atoms with E-state index in [1.165, 1.54) is 0 Å². The molecule has 1 heterocycles. The van der Waals surface area contributed by atoms with Crippen molar-refractivity contribution in [1.29, 1.82) is 0 Å². The molecule has 6 heteroatoms. The first-order valence-corrected chi connectivity index (χ1v) is 7.84. The van der Waals surface area contributed by atoms with E-state index in [4.69, 9.17) is 9.47 Å². The van der Waals surface area contributed by atoms with Crippen LogP contribution in [0.5, 0.6) is 11.5 Å². The van der Waals surface area contributed by atoms with Crippen LogP contribution in [0, 0.1) is 5.92 Å². The second-order valence-corrected chi connectivity index (χ2v) is 6.12. The minimum absolute atomic E-state index is 0.0564. The first-order chi connectivity index (χ1) is 11.0. The maximum atomic E-state index is 12.5. The Hall–Kier alpha value is -2.24. The zero-order valence-corrected chi connectivity index (χ0v) is 13.7. The highest BCUT2D eigenvalue weighted by Gasteiger charge is 2.40. The van der Waals surface area contributed by atoms with Gasteiger partial charge in [0.25, 0.3) is 0 Å². The van der Waals surface area contributed by atoms with Gasteiger partial charge >= 0.3 is 0 Å². The Labute approximate surface area is 136 Å². The number of ether oxygens (including phenoxy) is 2. The zero-order chi connectivity index (χ0) is 16.6. The number of rotatable bonds is 5. The molecule has 0 spiro atoms. The van der Waals surface area contributed by atoms with E-state index >= 15 is 0 Å². The first kappa shape index (κ1) is 15.6. The Morgan fingerprint density at radius 1 is 1.26 bits per heavy atom. The van der Waals surface area contributed by atoms with Crippen LogP contribution >= 0.6 is 0 Å². The van der Waals surface area contributed by atoms with E-state index in [0.717, 1.165) is 12.8 Å². The number of benzene rings is 1. The van der Waals surface area contributed by atoms with Crippen molar-refractivity contribution in [2.75, 3.05) is 32.7 Å². The molecule has 2 aliphatic rings. The molecule has 1 aromatic carbocycles. The fraction of sp³-hybridized carbons (Fsp3) is 0.529. The smallest absolute Gasteiger partial charge is 0.228 e. The molecular weight excluding hydrogens is 296 g/mol. The fourth-order valence-corrected chi connectivity index (χ4v) is 3.04. The number of hydrogen-bond acceptors (Lipinski definition) is 4. The van der Waals surface area contributed by atoms with Gasteiger partial charge in [-0.25, -0.2) is 0 Å². The van der Waals surface area contributed by atoms with E-state index in [2.05, 4.69) is 0 Å². The molecule has 1 saturated carbocycles. The average molecular weight is 318 g/mol. The number of amides is 2. The summed E-state index contributed by atoms with van der Waals surface area (Å²) in [4.78, 5) is 28.4. The Balaban J connectivity index is 1.81. The topological polar surface area (TPSA) is 59.1 Å². The maximum absolute atomic E-state index is 12.5. The van der Waals surface area contributed by atoms with Gasteiger partial charge in [0.15, 0.2) is 0 Å². The summed E-state index contributed by atoms with van der Waals surface area (Å²) in [7, 11) is 4.98. The standard InChI is InChI=1S/C17H22N2O4/c1-18(12-4-5-12)17(21)11-8-16(20)19(10-11)14-9-13(22-2)6-7-15(14)23-3/h6-7,9,11-12H,4-5,8,10H2,1-3H3/t11-/m1/s1. The number of anilines is 1. The molecule has 1 aliphatic carbocycles. The largest absolute Gasteiger partial charge is 0.497 e. The van der Waals surface area contributed by atoms with Gasteiger partial charge < -0.3 is 19.3 Å². The Morgan fingerprint density at radius 3 is 2.61 bits per heavy atom. The number of carbonyl (C=O) groups is 2. The molecule has 1 aliphatic heterocycles. The van der Waals surface area contributed by atoms with Gasteiger partial charge in [-0.2, -0.15) is 0 Å². The molecule has 1 saturated heterocycles. The van der Waals surface area contributed by atoms with Gasteiger partial charge in [0.05, 0.1) is 25.8 Å². The van der Waals surface area contributed by atoms with Crippen LogP contribution in [0.25, 0.3) is 0 Å². The molecule has 2 fully saturated rings. The van der Waals surface area contributed by atoms with Crippen molar-refractivity contribution in [2.45, 2.75) is 25.3 Å². The summed E-state index contributed by atoms with van der Waals surface area (Å²) in [6.45, 7) is 0.387. The minimum atomic E-state index is -0.288. The molecule has 1 aromatic rings. The average Bonchev–Trinajstić information content (AvgIpc) is 3.35. The van der Waals surface area contributed by atoms with Crippen molar-refractivity contribution >= 4 is 17.5 Å². The van der Waals surface area contributed by atoms with E-state index in [-0.39, 0.29) is 24.2 Å². The molecule has 0 radical (unpaired) electrons. The lowest BCUT2D eigenvalue weighted by Gasteiger charge is -2.22. The molecule has 0 unspecified atom stereocenters. The highest BCUT2D eigenvalue weighted by atomic mass is 16.5. The molecule has 0 aromatic heterocycles. The van der Waals surface area contributed by atoms with Gasteiger partial charge in [0.1, 0.15) is 11.5 Å². The van der Waals surface area contributed by atoms with Crippen LogP contribution in [0.3, 0.4) is 0 Å². The SMILES string of the molecule is COc1ccc(OC)c(N2C[C@H](C(=O)N(C)C3CC3)CC2=O)c1. The third-order valence-corrected chi connectivity index (χ3v) is 4.59. The van der Waals surface area contributed by atoms with Crippen molar-refractivity contribution in [2.24, 2.45) is 5.92 Å². The number of methoxy groups -OCH3 is 2. The van der Waals surface area contributed by atoms with Gasteiger partial charge in [0, 0.05) is 32.1 Å². The number of carbonyl (C=O) groups excluding carboxylic acids is 2. The molecule has 2 amide bonds. The third-order valence-electron chi connectivity index (χ3n) is 4.59. The lowest BCUT2D eigenvalue weighted by Crippen LogP contribution is -2.36. The summed E-state index contributed by atoms with van der Waals surface area (Å²) in [6, 6.07) is 5.69. The van der Waals surface area contributed by atoms with Crippen molar-refractivity contribution in [3.8, 4) is 11.5 Å². The highest BCUT2D eigenvalue weighted by molar-refractivity contribution is 6.01. The van der Waals surface area contributed by atoms with E-state index in [1.807, 2.05) is 7.05 Å². The van der Waals surface area contributed by atoms with Crippen molar-refractivity contribution < 1.29 is 19.1 Å². The van der Waals surface area contributed by atoms with Gasteiger partial charge in [-0.05, 0) is 25.0 Å². The first-order valence-electron chi connectivity index (χ1n) is 7.84. The van der Waals surface area contributed by atoms with Crippen LogP contribution in [0.1, 0.15) is 19.3 Å². The van der Waals surface area contributed by atoms with Crippen molar-refractivity contribution in [3.63, 3.8) is 0 Å². The van der Waals surface area contributed by atoms with Gasteiger partial charge in [-0.1, -0.05) is 0 Å². The van der Waals surface area contributed by atoms with Gasteiger partial charge in [0.2, 0.25) is 11.8 Å². The zero-order valence-electron chi connectivity index (χ0n) is 13.7. The highest BCUT2D eigenvalue weighted by Crippen LogP contribution is 2.37. The molecule has 1 atom stereocenters. The Kier molecular flexibility index (Phi) is 4.15. The van der Waals surface area contributed by atoms with Crippen LogP contribution in [-0.2, 0) is 9.59 Å². The second-order valence-electron chi connectivity index (χ2n) is 6.12. The Bertz CT molecular complexity index is 627. The second kappa shape index (κ2) is 6.10. The molecule has 3 rings (SSSR count). The molecular formula is C17H22N2O4. The van der Waals surface area contributed by atoms with E-state index < -0.39 is 0 Å². The minimum Gasteiger partial charge on any atom is -0.497 e. The molecule has 6 nitrogen and oxygen atoms in total. The van der Waals surface area contributed by atoms with Crippen LogP contribution in [0.15, 0.2) is 18.2 Å². The number of hydrogen-bond donors (Lipinski definition) is 0. The van der Waals surface area contributed by atoms with Crippen LogP contribution in [-0.4, -0.2) is 50.6 Å². The summed E-state index contributed by atoms with van der Waals surface area (Å²) < 4.78 is 10.6. The van der Waals surface area contributed by atoms with E-state index in [0.29, 0.717) is 29.8 Å². The van der Waals surface area contributed by atoms with Crippen molar-refractivity contribution in [3.05, 3.63) is 18.2 Å². The number of nitrogens with zero attached hydrogens (tertiary/aromatic N) is 2. The monoisotopic (exact) mass is 318 g/mol. The maximum Gasteiger partial charge on any atom is 0.228 e. The van der Waals surface area contributed by atoms with Crippen molar-refractivity contribution in [1.82, 2.24) is 4.90 Å². The van der Waals surface area contributed by atoms with Crippen LogP contribution in [0.2, 0.25) is 0 Å². The van der Waals surface area contributed by atoms with Crippen LogP contribution in [0.4, 0.5) is 5.69 Å². The predicted molar refractivity (Wildman–Crippen MR) is 85.8 cm³/mol. The van der Waals surface area contributed by atoms with E-state index in [1.54, 1.807) is 42.2 Å². The normalized spacial score (nSPS) is 20.6. The van der Waals surface area contributed by atoms with Crippen LogP contribution < -0.4 is 14.4 Å². The van der Waals surface area contributed by atoms with E-state index in [9.17, 15) is 9.59 Å². The Morgan fingerprint density at radius 2 is 2.00 bits per heavy atom. The summed E-state index contributed by atoms with van der Waals surface area (Å²) in [5, 5.41) is 0. The van der Waals surface area contributed by atoms with Gasteiger partial charge in [-0.15, -0.1) is 0 Å². The quantitative estimate of drug-likeness (QED) is 0.829. The molecule has 0 bridgehead atoms. The lowest BCUT2D eigenvalue weighted by molar-refractivity contribution is -0.135. The summed E-state index contributed by atoms with van der Waals surface area (Å²) >= 11 is 0. The fourth-order valence-electron chi connectivity index (χ4n) is 3.04. The summed E-state index contributed by atoms with van der Waals surface area (Å²) in [6.07, 6.45) is 2.38.